The van der Waals surface area contributed by atoms with Gasteiger partial charge in [-0.05, 0) is 50.5 Å². The number of ether oxygens (including phenoxy) is 4. The molecule has 0 saturated carbocycles. The van der Waals surface area contributed by atoms with E-state index in [0.29, 0.717) is 6.42 Å². The number of rotatable bonds is 2. The molecule has 0 spiro atoms. The second-order valence-corrected chi connectivity index (χ2v) is 12.9. The van der Waals surface area contributed by atoms with Gasteiger partial charge in [0.25, 0.3) is 11.7 Å². The van der Waals surface area contributed by atoms with E-state index in [2.05, 4.69) is 5.32 Å². The number of nitrogens with one attached hydrogen (secondary N) is 1. The van der Waals surface area contributed by atoms with E-state index in [1.54, 1.807) is 18.2 Å². The minimum atomic E-state index is -1.95. The molecule has 258 valence electrons. The van der Waals surface area contributed by atoms with E-state index >= 15 is 0 Å². The highest BCUT2D eigenvalue weighted by atomic mass is 16.7. The maximum atomic E-state index is 13.8. The molecule has 12 heteroatoms. The quantitative estimate of drug-likeness (QED) is 0.382. The molecule has 5 bridgehead atoms. The maximum absolute atomic E-state index is 13.8. The van der Waals surface area contributed by atoms with Crippen molar-refractivity contribution in [1.29, 1.82) is 0 Å². The van der Waals surface area contributed by atoms with Crippen molar-refractivity contribution in [2.75, 3.05) is 7.11 Å². The summed E-state index contributed by atoms with van der Waals surface area (Å²) in [6.07, 6.45) is 6.98. The first kappa shape index (κ1) is 36.3. The molecule has 3 aliphatic heterocycles. The SMILES string of the molecule is COC1C(OC(C)=O)[C@H](C)C/C=C/O[C@@]2(C)Oc3c(C)c(O)c4c(c3C2=O)C(=O)C=C(NC(=O)/C(C)=C\C=C\C(C)C[C@@H](C)[C@H]1O)C4=O. The van der Waals surface area contributed by atoms with Gasteiger partial charge in [-0.3, -0.25) is 24.0 Å². The Morgan fingerprint density at radius 2 is 1.73 bits per heavy atom. The van der Waals surface area contributed by atoms with Gasteiger partial charge in [-0.15, -0.1) is 0 Å². The third-order valence-electron chi connectivity index (χ3n) is 9.00. The van der Waals surface area contributed by atoms with E-state index in [1.807, 2.05) is 26.8 Å². The molecule has 12 nitrogen and oxygen atoms in total. The van der Waals surface area contributed by atoms with Crippen molar-refractivity contribution in [2.45, 2.75) is 85.4 Å². The Kier molecular flexibility index (Phi) is 10.8. The van der Waals surface area contributed by atoms with Crippen LogP contribution in [0.2, 0.25) is 0 Å². The monoisotopic (exact) mass is 665 g/mol. The number of esters is 1. The van der Waals surface area contributed by atoms with Crippen LogP contribution >= 0.6 is 0 Å². The van der Waals surface area contributed by atoms with E-state index in [0.717, 1.165) is 6.08 Å². The Labute approximate surface area is 279 Å². The zero-order chi connectivity index (χ0) is 35.7. The van der Waals surface area contributed by atoms with Crippen LogP contribution in [0.5, 0.6) is 11.5 Å². The number of carbonyl (C=O) groups is 5. The van der Waals surface area contributed by atoms with Crippen LogP contribution in [0.1, 0.15) is 91.0 Å². The standard InChI is InChI=1S/C36H43NO11/c1-17-11-9-12-19(3)35(44)37-23-16-24(39)25-26(30(23)42)29(41)21(5)32-27(25)34(43)36(7,48-32)46-14-10-13-18(2)31(47-22(6)38)33(45-8)28(40)20(4)15-17/h9-12,14,16-18,20,28,31,33,40-41H,13,15H2,1-8H3,(H,37,44)/b11-9+,14-10+,19-12-/t17?,18-,20-,28-,31?,33?,36+/m1/s1. The molecular weight excluding hydrogens is 622 g/mol. The highest BCUT2D eigenvalue weighted by molar-refractivity contribution is 6.30. The molecule has 1 aromatic rings. The minimum Gasteiger partial charge on any atom is -0.507 e. The third kappa shape index (κ3) is 7.00. The van der Waals surface area contributed by atoms with Gasteiger partial charge in [0.1, 0.15) is 23.7 Å². The molecule has 3 unspecified atom stereocenters. The molecule has 0 fully saturated rings. The van der Waals surface area contributed by atoms with E-state index < -0.39 is 64.6 Å². The van der Waals surface area contributed by atoms with Crippen LogP contribution in [0.25, 0.3) is 0 Å². The first-order valence-electron chi connectivity index (χ1n) is 15.8. The number of benzene rings is 1. The van der Waals surface area contributed by atoms with Gasteiger partial charge in [-0.2, -0.15) is 0 Å². The summed E-state index contributed by atoms with van der Waals surface area (Å²) in [5.74, 6) is -6.87. The lowest BCUT2D eigenvalue weighted by Crippen LogP contribution is -2.47. The summed E-state index contributed by atoms with van der Waals surface area (Å²) in [6.45, 7) is 11.2. The predicted molar refractivity (Wildman–Crippen MR) is 173 cm³/mol. The fourth-order valence-corrected chi connectivity index (χ4v) is 6.26. The van der Waals surface area contributed by atoms with Crippen LogP contribution in [0.4, 0.5) is 0 Å². The lowest BCUT2D eigenvalue weighted by Gasteiger charge is -2.35. The number of aromatic hydroxyl groups is 1. The second kappa shape index (κ2) is 14.3. The van der Waals surface area contributed by atoms with Crippen molar-refractivity contribution in [1.82, 2.24) is 5.32 Å². The van der Waals surface area contributed by atoms with Crippen molar-refractivity contribution in [3.05, 3.63) is 70.2 Å². The molecule has 4 aliphatic rings. The van der Waals surface area contributed by atoms with E-state index in [4.69, 9.17) is 18.9 Å². The number of fused-ring (bicyclic) bond motifs is 14. The molecule has 48 heavy (non-hydrogen) atoms. The molecule has 0 saturated heterocycles. The zero-order valence-corrected chi connectivity index (χ0v) is 28.4. The summed E-state index contributed by atoms with van der Waals surface area (Å²) < 4.78 is 23.0. The van der Waals surface area contributed by atoms with Crippen LogP contribution < -0.4 is 10.1 Å². The van der Waals surface area contributed by atoms with Crippen molar-refractivity contribution >= 4 is 29.2 Å². The normalized spacial score (nSPS) is 32.3. The molecule has 0 radical (unpaired) electrons. The van der Waals surface area contributed by atoms with Gasteiger partial charge in [0, 0.05) is 38.2 Å². The number of amides is 1. The van der Waals surface area contributed by atoms with E-state index in [9.17, 15) is 34.2 Å². The number of aliphatic hydroxyl groups is 1. The number of hydrogen-bond donors (Lipinski definition) is 3. The number of allylic oxidation sites excluding steroid dienone is 6. The van der Waals surface area contributed by atoms with Gasteiger partial charge < -0.3 is 34.5 Å². The van der Waals surface area contributed by atoms with Crippen LogP contribution in [-0.2, 0) is 23.8 Å². The number of phenolic OH excluding ortho intramolecular Hbond substituents is 1. The number of hydrogen-bond acceptors (Lipinski definition) is 11. The number of ketones is 3. The van der Waals surface area contributed by atoms with Crippen molar-refractivity contribution in [3.63, 3.8) is 0 Å². The molecule has 5 rings (SSSR count). The van der Waals surface area contributed by atoms with E-state index in [-0.39, 0.29) is 57.9 Å². The summed E-state index contributed by atoms with van der Waals surface area (Å²) in [6, 6.07) is 0. The first-order chi connectivity index (χ1) is 22.5. The topological polar surface area (TPSA) is 175 Å². The van der Waals surface area contributed by atoms with Gasteiger partial charge >= 0.3 is 11.8 Å². The van der Waals surface area contributed by atoms with Gasteiger partial charge in [0.05, 0.1) is 34.8 Å². The largest absolute Gasteiger partial charge is 0.507 e. The Morgan fingerprint density at radius 3 is 2.38 bits per heavy atom. The highest BCUT2D eigenvalue weighted by Crippen LogP contribution is 2.47. The van der Waals surface area contributed by atoms with Gasteiger partial charge in [-0.25, -0.2) is 0 Å². The summed E-state index contributed by atoms with van der Waals surface area (Å²) in [5, 5.41) is 24.8. The summed E-state index contributed by atoms with van der Waals surface area (Å²) in [5.41, 5.74) is -1.05. The molecule has 3 N–H and O–H groups in total. The number of aliphatic hydroxyl groups excluding tert-OH is 1. The lowest BCUT2D eigenvalue weighted by molar-refractivity contribution is -0.169. The van der Waals surface area contributed by atoms with Crippen molar-refractivity contribution in [2.24, 2.45) is 17.8 Å². The van der Waals surface area contributed by atoms with Crippen LogP contribution in [0.3, 0.4) is 0 Å². The highest BCUT2D eigenvalue weighted by Gasteiger charge is 2.51. The average Bonchev–Trinajstić information content (AvgIpc) is 3.28. The molecule has 1 aromatic carbocycles. The Bertz CT molecular complexity index is 1650. The number of Topliss-reactive ketones (excluding diaryl/α,β-unsaturated/α-hetero) is 2. The lowest BCUT2D eigenvalue weighted by atomic mass is 9.84. The second-order valence-electron chi connectivity index (χ2n) is 12.9. The molecular formula is C36H43NO11. The molecule has 1 aliphatic carbocycles. The maximum Gasteiger partial charge on any atom is 0.312 e. The molecule has 1 amide bonds. The smallest absolute Gasteiger partial charge is 0.312 e. The Morgan fingerprint density at radius 1 is 1.04 bits per heavy atom. The van der Waals surface area contributed by atoms with Gasteiger partial charge in [-0.1, -0.05) is 39.0 Å². The van der Waals surface area contributed by atoms with Crippen LogP contribution in [0, 0.1) is 24.7 Å². The molecule has 0 aromatic heterocycles. The number of phenols is 1. The third-order valence-corrected chi connectivity index (χ3v) is 9.00. The first-order valence-corrected chi connectivity index (χ1v) is 15.8. The minimum absolute atomic E-state index is 0.0368. The molecule has 7 atom stereocenters. The summed E-state index contributed by atoms with van der Waals surface area (Å²) in [4.78, 5) is 65.9. The number of methoxy groups -OCH3 is 1. The van der Waals surface area contributed by atoms with Crippen LogP contribution in [-0.4, -0.2) is 70.6 Å². The number of carbonyl (C=O) groups excluding carboxylic acids is 5. The van der Waals surface area contributed by atoms with Gasteiger partial charge in [0.2, 0.25) is 5.78 Å². The summed E-state index contributed by atoms with van der Waals surface area (Å²) in [7, 11) is 1.44. The van der Waals surface area contributed by atoms with Gasteiger partial charge in [0.15, 0.2) is 5.78 Å². The van der Waals surface area contributed by atoms with Crippen LogP contribution in [0.15, 0.2) is 47.9 Å². The zero-order valence-electron chi connectivity index (χ0n) is 28.4. The fraction of sp³-hybridized carbons (Fsp3) is 0.472. The summed E-state index contributed by atoms with van der Waals surface area (Å²) >= 11 is 0. The van der Waals surface area contributed by atoms with Crippen molar-refractivity contribution < 1.29 is 53.1 Å². The predicted octanol–water partition coefficient (Wildman–Crippen LogP) is 4.41. The Balaban J connectivity index is 1.78. The fourth-order valence-electron chi connectivity index (χ4n) is 6.26. The average molecular weight is 666 g/mol. The molecule has 3 heterocycles. The van der Waals surface area contributed by atoms with Crippen molar-refractivity contribution in [3.8, 4) is 11.5 Å². The van der Waals surface area contributed by atoms with E-state index in [1.165, 1.54) is 41.1 Å². The Hall–Kier alpha value is -4.55.